The van der Waals surface area contributed by atoms with Gasteiger partial charge in [0.25, 0.3) is 0 Å². The minimum absolute atomic E-state index is 0.122. The molecular weight excluding hydrogens is 200 g/mol. The fourth-order valence-corrected chi connectivity index (χ4v) is 1.02. The maximum atomic E-state index is 10.8. The topological polar surface area (TPSA) is 70.5 Å². The summed E-state index contributed by atoms with van der Waals surface area (Å²) >= 11 is 0. The van der Waals surface area contributed by atoms with Crippen molar-refractivity contribution in [3.63, 3.8) is 0 Å². The summed E-state index contributed by atoms with van der Waals surface area (Å²) in [5, 5.41) is 0. The molecule has 0 spiro atoms. The Hall–Kier alpha value is -1.85. The van der Waals surface area contributed by atoms with Crippen LogP contribution in [-0.2, 0) is 0 Å². The van der Waals surface area contributed by atoms with Crippen LogP contribution in [0.25, 0.3) is 0 Å². The van der Waals surface area contributed by atoms with E-state index in [-0.39, 0.29) is 23.3 Å². The van der Waals surface area contributed by atoms with Crippen LogP contribution >= 0.6 is 0 Å². The summed E-state index contributed by atoms with van der Waals surface area (Å²) in [5.74, 6) is 0.278. The highest BCUT2D eigenvalue weighted by molar-refractivity contribution is 5.81. The van der Waals surface area contributed by atoms with Crippen molar-refractivity contribution in [2.45, 2.75) is 6.92 Å². The number of carbonyl (C=O) groups excluding carboxylic acids is 1. The maximum absolute atomic E-state index is 10.8. The zero-order chi connectivity index (χ0) is 11.3. The number of aromatic nitrogens is 2. The molecule has 1 rings (SSSR count). The molecule has 0 amide bonds. The molecular formula is C9H12N2O4. The summed E-state index contributed by atoms with van der Waals surface area (Å²) in [6, 6.07) is 0.122. The van der Waals surface area contributed by atoms with Crippen LogP contribution in [0.3, 0.4) is 0 Å². The molecule has 1 aromatic rings. The Labute approximate surface area is 87.2 Å². The summed E-state index contributed by atoms with van der Waals surface area (Å²) in [5.41, 5.74) is 0.170. The van der Waals surface area contributed by atoms with Crippen LogP contribution in [0, 0.1) is 0 Å². The van der Waals surface area contributed by atoms with Gasteiger partial charge in [-0.15, -0.1) is 0 Å². The van der Waals surface area contributed by atoms with E-state index < -0.39 is 0 Å². The summed E-state index contributed by atoms with van der Waals surface area (Å²) in [6.07, 6.45) is 0.577. The average molecular weight is 212 g/mol. The second-order valence-electron chi connectivity index (χ2n) is 2.49. The predicted molar refractivity (Wildman–Crippen MR) is 51.7 cm³/mol. The van der Waals surface area contributed by atoms with E-state index in [0.29, 0.717) is 12.9 Å². The predicted octanol–water partition coefficient (Wildman–Crippen LogP) is 0.705. The second kappa shape index (κ2) is 5.14. The van der Waals surface area contributed by atoms with Crippen LogP contribution in [0.4, 0.5) is 0 Å². The van der Waals surface area contributed by atoms with Crippen molar-refractivity contribution in [1.29, 1.82) is 0 Å². The molecule has 6 nitrogen and oxygen atoms in total. The van der Waals surface area contributed by atoms with E-state index >= 15 is 0 Å². The monoisotopic (exact) mass is 212 g/mol. The molecule has 0 N–H and O–H groups in total. The lowest BCUT2D eigenvalue weighted by molar-refractivity contribution is 0.111. The summed E-state index contributed by atoms with van der Waals surface area (Å²) < 4.78 is 14.9. The highest BCUT2D eigenvalue weighted by atomic mass is 16.5. The van der Waals surface area contributed by atoms with Gasteiger partial charge in [0.05, 0.1) is 20.8 Å². The SMILES string of the molecule is CCOc1nc(OC)c(C=O)c(OC)n1. The Morgan fingerprint density at radius 2 is 1.73 bits per heavy atom. The molecule has 15 heavy (non-hydrogen) atoms. The standard InChI is InChI=1S/C9H12N2O4/c1-4-15-9-10-7(13-2)6(5-12)8(11-9)14-3/h5H,4H2,1-3H3. The molecule has 0 unspecified atom stereocenters. The van der Waals surface area contributed by atoms with Crippen molar-refractivity contribution in [3.8, 4) is 17.8 Å². The zero-order valence-corrected chi connectivity index (χ0v) is 8.81. The van der Waals surface area contributed by atoms with Crippen molar-refractivity contribution < 1.29 is 19.0 Å². The van der Waals surface area contributed by atoms with Crippen molar-refractivity contribution in [2.75, 3.05) is 20.8 Å². The zero-order valence-electron chi connectivity index (χ0n) is 8.81. The fourth-order valence-electron chi connectivity index (χ4n) is 1.02. The van der Waals surface area contributed by atoms with E-state index in [9.17, 15) is 4.79 Å². The Bertz CT molecular complexity index is 329. The van der Waals surface area contributed by atoms with Gasteiger partial charge in [-0.05, 0) is 6.92 Å². The molecule has 0 bridgehead atoms. The highest BCUT2D eigenvalue weighted by Gasteiger charge is 2.15. The van der Waals surface area contributed by atoms with Crippen LogP contribution in [0.5, 0.6) is 17.8 Å². The third kappa shape index (κ3) is 2.34. The van der Waals surface area contributed by atoms with Gasteiger partial charge >= 0.3 is 6.01 Å². The molecule has 0 radical (unpaired) electrons. The van der Waals surface area contributed by atoms with E-state index in [1.54, 1.807) is 6.92 Å². The average Bonchev–Trinajstić information content (AvgIpc) is 2.28. The molecule has 0 fully saturated rings. The van der Waals surface area contributed by atoms with Crippen molar-refractivity contribution in [1.82, 2.24) is 9.97 Å². The summed E-state index contributed by atoms with van der Waals surface area (Å²) in [4.78, 5) is 18.5. The molecule has 82 valence electrons. The third-order valence-corrected chi connectivity index (χ3v) is 1.63. The largest absolute Gasteiger partial charge is 0.480 e. The van der Waals surface area contributed by atoms with E-state index in [0.717, 1.165) is 0 Å². The Morgan fingerprint density at radius 3 is 2.07 bits per heavy atom. The number of hydrogen-bond donors (Lipinski definition) is 0. The first kappa shape index (κ1) is 11.2. The lowest BCUT2D eigenvalue weighted by Crippen LogP contribution is -2.05. The number of aldehydes is 1. The van der Waals surface area contributed by atoms with Crippen LogP contribution in [-0.4, -0.2) is 37.1 Å². The molecule has 0 atom stereocenters. The van der Waals surface area contributed by atoms with Crippen LogP contribution in [0.2, 0.25) is 0 Å². The molecule has 1 aromatic heterocycles. The molecule has 0 aromatic carbocycles. The number of carbonyl (C=O) groups is 1. The normalized spacial score (nSPS) is 9.53. The van der Waals surface area contributed by atoms with Crippen LogP contribution < -0.4 is 14.2 Å². The molecule has 0 aliphatic carbocycles. The van der Waals surface area contributed by atoms with Gasteiger partial charge in [-0.2, -0.15) is 9.97 Å². The summed E-state index contributed by atoms with van der Waals surface area (Å²) in [7, 11) is 2.81. The van der Waals surface area contributed by atoms with Crippen molar-refractivity contribution >= 4 is 6.29 Å². The number of methoxy groups -OCH3 is 2. The van der Waals surface area contributed by atoms with Gasteiger partial charge in [-0.25, -0.2) is 0 Å². The summed E-state index contributed by atoms with van der Waals surface area (Å²) in [6.45, 7) is 2.22. The van der Waals surface area contributed by atoms with E-state index in [4.69, 9.17) is 14.2 Å². The van der Waals surface area contributed by atoms with Crippen LogP contribution in [0.15, 0.2) is 0 Å². The Kier molecular flexibility index (Phi) is 3.84. The van der Waals surface area contributed by atoms with E-state index in [1.807, 2.05) is 0 Å². The van der Waals surface area contributed by atoms with Gasteiger partial charge in [0.1, 0.15) is 5.56 Å². The van der Waals surface area contributed by atoms with Gasteiger partial charge < -0.3 is 14.2 Å². The Morgan fingerprint density at radius 1 is 1.20 bits per heavy atom. The van der Waals surface area contributed by atoms with Crippen molar-refractivity contribution in [3.05, 3.63) is 5.56 Å². The fraction of sp³-hybridized carbons (Fsp3) is 0.444. The smallest absolute Gasteiger partial charge is 0.323 e. The minimum Gasteiger partial charge on any atom is -0.480 e. The van der Waals surface area contributed by atoms with Gasteiger partial charge in [0, 0.05) is 0 Å². The first-order valence-electron chi connectivity index (χ1n) is 4.34. The van der Waals surface area contributed by atoms with Crippen LogP contribution in [0.1, 0.15) is 17.3 Å². The lowest BCUT2D eigenvalue weighted by atomic mass is 10.3. The van der Waals surface area contributed by atoms with Gasteiger partial charge in [0.2, 0.25) is 11.8 Å². The van der Waals surface area contributed by atoms with Gasteiger partial charge in [0.15, 0.2) is 6.29 Å². The number of hydrogen-bond acceptors (Lipinski definition) is 6. The minimum atomic E-state index is 0.122. The number of nitrogens with zero attached hydrogens (tertiary/aromatic N) is 2. The van der Waals surface area contributed by atoms with Gasteiger partial charge in [-0.3, -0.25) is 4.79 Å². The maximum Gasteiger partial charge on any atom is 0.323 e. The Balaban J connectivity index is 3.22. The van der Waals surface area contributed by atoms with Gasteiger partial charge in [-0.1, -0.05) is 0 Å². The van der Waals surface area contributed by atoms with Crippen molar-refractivity contribution in [2.24, 2.45) is 0 Å². The van der Waals surface area contributed by atoms with E-state index in [1.165, 1.54) is 14.2 Å². The quantitative estimate of drug-likeness (QED) is 0.669. The first-order valence-corrected chi connectivity index (χ1v) is 4.34. The third-order valence-electron chi connectivity index (χ3n) is 1.63. The van der Waals surface area contributed by atoms with E-state index in [2.05, 4.69) is 9.97 Å². The lowest BCUT2D eigenvalue weighted by Gasteiger charge is -2.08. The second-order valence-corrected chi connectivity index (χ2v) is 2.49. The molecule has 6 heteroatoms. The first-order chi connectivity index (χ1) is 7.26. The number of rotatable bonds is 5. The number of ether oxygens (including phenoxy) is 3. The molecule has 0 aliphatic heterocycles. The molecule has 0 saturated carbocycles. The molecule has 0 aliphatic rings. The molecule has 1 heterocycles. The highest BCUT2D eigenvalue weighted by Crippen LogP contribution is 2.25. The molecule has 0 saturated heterocycles.